The first-order valence-corrected chi connectivity index (χ1v) is 10.4. The Hall–Kier alpha value is -0.0700. The second-order valence-electron chi connectivity index (χ2n) is 6.98. The quantitative estimate of drug-likeness (QED) is 0.558. The molecule has 3 saturated carbocycles. The molecular formula is C17H20Br3NO2. The molecule has 4 rings (SSSR count). The van der Waals surface area contributed by atoms with E-state index in [0.717, 1.165) is 24.3 Å². The zero-order valence-electron chi connectivity index (χ0n) is 13.3. The zero-order chi connectivity index (χ0) is 17.0. The molecule has 3 nitrogen and oxygen atoms in total. The van der Waals surface area contributed by atoms with Crippen LogP contribution in [-0.4, -0.2) is 21.6 Å². The maximum atomic E-state index is 13.1. The predicted octanol–water partition coefficient (Wildman–Crippen LogP) is 5.32. The number of halogens is 3. The van der Waals surface area contributed by atoms with Gasteiger partial charge in [-0.05, 0) is 42.5 Å². The summed E-state index contributed by atoms with van der Waals surface area (Å²) in [4.78, 5) is 13.3. The maximum Gasteiger partial charge on any atom is 0.232 e. The van der Waals surface area contributed by atoms with E-state index in [-0.39, 0.29) is 30.7 Å². The Morgan fingerprint density at radius 3 is 2.30 bits per heavy atom. The monoisotopic (exact) mass is 507 g/mol. The lowest BCUT2D eigenvalue weighted by molar-refractivity contribution is -0.155. The van der Waals surface area contributed by atoms with Crippen molar-refractivity contribution in [1.29, 1.82) is 0 Å². The van der Waals surface area contributed by atoms with Crippen LogP contribution in [0, 0.1) is 16.2 Å². The van der Waals surface area contributed by atoms with Gasteiger partial charge in [-0.15, -0.1) is 0 Å². The third-order valence-corrected chi connectivity index (χ3v) is 9.47. The summed E-state index contributed by atoms with van der Waals surface area (Å²) >= 11 is 11.3. The molecule has 3 aliphatic rings. The van der Waals surface area contributed by atoms with Gasteiger partial charge >= 0.3 is 0 Å². The average molecular weight is 510 g/mol. The minimum atomic E-state index is -0.382. The largest absolute Gasteiger partial charge is 0.497 e. The summed E-state index contributed by atoms with van der Waals surface area (Å²) in [6.07, 6.45) is 1.92. The molecule has 1 amide bonds. The normalized spacial score (nSPS) is 34.1. The highest BCUT2D eigenvalue weighted by molar-refractivity contribution is 9.24. The van der Waals surface area contributed by atoms with Crippen LogP contribution < -0.4 is 10.1 Å². The first-order chi connectivity index (χ1) is 10.7. The predicted molar refractivity (Wildman–Crippen MR) is 104 cm³/mol. The Morgan fingerprint density at radius 1 is 1.26 bits per heavy atom. The third kappa shape index (κ3) is 2.07. The summed E-state index contributed by atoms with van der Waals surface area (Å²) in [5.41, 5.74) is 0.374. The molecule has 6 heteroatoms. The lowest BCUT2D eigenvalue weighted by atomic mass is 9.43. The standard InChI is InChI=1S/C17H20Br3NO2/c1-15(2)16(13(19)20)8-9-17(15,12(16)18)14(22)21-10-4-6-11(23-3)7-5-10/h4-7,12-13H,8-9H2,1-3H3,(H,21,22)/t12-,16+,17+/m1/s1. The number of anilines is 1. The van der Waals surface area contributed by atoms with Crippen molar-refractivity contribution >= 4 is 59.4 Å². The second-order valence-corrected chi connectivity index (χ2v) is 11.0. The molecule has 126 valence electrons. The van der Waals surface area contributed by atoms with Crippen molar-refractivity contribution in [2.24, 2.45) is 16.2 Å². The van der Waals surface area contributed by atoms with Crippen molar-refractivity contribution in [3.05, 3.63) is 24.3 Å². The lowest BCUT2D eigenvalue weighted by Crippen LogP contribution is -2.71. The number of methoxy groups -OCH3 is 1. The molecule has 3 fully saturated rings. The van der Waals surface area contributed by atoms with Gasteiger partial charge in [0.05, 0.1) is 16.3 Å². The Bertz CT molecular complexity index is 631. The molecule has 3 atom stereocenters. The molecule has 0 heterocycles. The molecule has 0 radical (unpaired) electrons. The van der Waals surface area contributed by atoms with Crippen molar-refractivity contribution in [1.82, 2.24) is 0 Å². The first kappa shape index (κ1) is 17.7. The highest BCUT2D eigenvalue weighted by atomic mass is 79.9. The molecule has 2 bridgehead atoms. The fourth-order valence-electron chi connectivity index (χ4n) is 4.62. The number of benzene rings is 1. The van der Waals surface area contributed by atoms with Gasteiger partial charge in [0.2, 0.25) is 5.91 Å². The fraction of sp³-hybridized carbons (Fsp3) is 0.588. The van der Waals surface area contributed by atoms with Crippen LogP contribution >= 0.6 is 47.8 Å². The first-order valence-electron chi connectivity index (χ1n) is 7.62. The average Bonchev–Trinajstić information content (AvgIpc) is 2.98. The van der Waals surface area contributed by atoms with Gasteiger partial charge in [-0.2, -0.15) is 0 Å². The molecular weight excluding hydrogens is 490 g/mol. The van der Waals surface area contributed by atoms with Crippen LogP contribution in [0.4, 0.5) is 5.69 Å². The Labute approximate surface area is 162 Å². The van der Waals surface area contributed by atoms with E-state index in [0.29, 0.717) is 0 Å². The molecule has 1 N–H and O–H groups in total. The van der Waals surface area contributed by atoms with Crippen LogP contribution in [0.2, 0.25) is 0 Å². The summed E-state index contributed by atoms with van der Waals surface area (Å²) in [5.74, 6) is 0.883. The summed E-state index contributed by atoms with van der Waals surface area (Å²) in [6.45, 7) is 4.42. The van der Waals surface area contributed by atoms with E-state index >= 15 is 0 Å². The molecule has 0 spiro atoms. The number of carbonyl (C=O) groups is 1. The van der Waals surface area contributed by atoms with Crippen LogP contribution in [0.3, 0.4) is 0 Å². The number of alkyl halides is 3. The van der Waals surface area contributed by atoms with Gasteiger partial charge in [0.1, 0.15) is 5.75 Å². The van der Waals surface area contributed by atoms with Gasteiger partial charge in [0, 0.05) is 15.9 Å². The van der Waals surface area contributed by atoms with Crippen molar-refractivity contribution in [2.75, 3.05) is 12.4 Å². The molecule has 1 aromatic carbocycles. The van der Waals surface area contributed by atoms with Gasteiger partial charge in [-0.25, -0.2) is 0 Å². The highest BCUT2D eigenvalue weighted by Crippen LogP contribution is 2.82. The number of fused-ring (bicyclic) bond motifs is 1. The Balaban J connectivity index is 1.85. The van der Waals surface area contributed by atoms with Crippen molar-refractivity contribution in [3.63, 3.8) is 0 Å². The van der Waals surface area contributed by atoms with Crippen LogP contribution in [-0.2, 0) is 4.79 Å². The van der Waals surface area contributed by atoms with Crippen molar-refractivity contribution in [3.8, 4) is 5.75 Å². The number of nitrogens with one attached hydrogen (secondary N) is 1. The van der Waals surface area contributed by atoms with Gasteiger partial charge in [-0.3, -0.25) is 4.79 Å². The van der Waals surface area contributed by atoms with Crippen molar-refractivity contribution < 1.29 is 9.53 Å². The molecule has 0 unspecified atom stereocenters. The van der Waals surface area contributed by atoms with Gasteiger partial charge < -0.3 is 10.1 Å². The highest BCUT2D eigenvalue weighted by Gasteiger charge is 2.83. The van der Waals surface area contributed by atoms with Gasteiger partial charge in [0.25, 0.3) is 0 Å². The van der Waals surface area contributed by atoms with E-state index in [9.17, 15) is 4.79 Å². The second kappa shape index (κ2) is 5.73. The SMILES string of the molecule is COc1ccc(NC(=O)[C@]23CC[C@@](C(Br)Br)([C@H]2Br)C3(C)C)cc1. The molecule has 3 aliphatic carbocycles. The number of amides is 1. The minimum absolute atomic E-state index is 0.0459. The van der Waals surface area contributed by atoms with E-state index in [1.54, 1.807) is 7.11 Å². The van der Waals surface area contributed by atoms with E-state index in [1.165, 1.54) is 0 Å². The molecule has 0 saturated heterocycles. The number of rotatable bonds is 4. The zero-order valence-corrected chi connectivity index (χ0v) is 18.1. The van der Waals surface area contributed by atoms with Crippen LogP contribution in [0.25, 0.3) is 0 Å². The Morgan fingerprint density at radius 2 is 1.87 bits per heavy atom. The van der Waals surface area contributed by atoms with E-state index < -0.39 is 0 Å². The number of hydrogen-bond acceptors (Lipinski definition) is 2. The van der Waals surface area contributed by atoms with E-state index in [2.05, 4.69) is 67.0 Å². The van der Waals surface area contributed by atoms with Crippen molar-refractivity contribution in [2.45, 2.75) is 35.3 Å². The summed E-state index contributed by atoms with van der Waals surface area (Å²) in [5, 5.41) is 3.10. The van der Waals surface area contributed by atoms with Gasteiger partial charge in [-0.1, -0.05) is 61.6 Å². The Kier molecular flexibility index (Phi) is 4.42. The van der Waals surface area contributed by atoms with E-state index in [1.807, 2.05) is 24.3 Å². The maximum absolute atomic E-state index is 13.1. The molecule has 0 aromatic heterocycles. The third-order valence-electron chi connectivity index (χ3n) is 6.24. The number of hydrogen-bond donors (Lipinski definition) is 1. The summed E-state index contributed by atoms with van der Waals surface area (Å²) in [7, 11) is 1.63. The molecule has 23 heavy (non-hydrogen) atoms. The van der Waals surface area contributed by atoms with Crippen LogP contribution in [0.15, 0.2) is 24.3 Å². The van der Waals surface area contributed by atoms with E-state index in [4.69, 9.17) is 4.74 Å². The topological polar surface area (TPSA) is 38.3 Å². The fourth-order valence-corrected chi connectivity index (χ4v) is 9.53. The summed E-state index contributed by atoms with van der Waals surface area (Å²) < 4.78 is 5.35. The van der Waals surface area contributed by atoms with Crippen LogP contribution in [0.1, 0.15) is 26.7 Å². The molecule has 1 aromatic rings. The summed E-state index contributed by atoms with van der Waals surface area (Å²) in [6, 6.07) is 7.47. The smallest absolute Gasteiger partial charge is 0.232 e. The van der Waals surface area contributed by atoms with Gasteiger partial charge in [0.15, 0.2) is 0 Å². The van der Waals surface area contributed by atoms with Crippen LogP contribution in [0.5, 0.6) is 5.75 Å². The minimum Gasteiger partial charge on any atom is -0.497 e. The number of ether oxygens (including phenoxy) is 1. The molecule has 0 aliphatic heterocycles. The lowest BCUT2D eigenvalue weighted by Gasteiger charge is -2.66. The number of carbonyl (C=O) groups excluding carboxylic acids is 1.